The SMILES string of the molecule is C(=C1CCCCC1P(C1CCCCC1)C1CCCCC1)c1ccccc1.Cl.Cl.NN. The van der Waals surface area contributed by atoms with Gasteiger partial charge in [-0.3, -0.25) is 11.7 Å². The van der Waals surface area contributed by atoms with Crippen molar-refractivity contribution in [3.05, 3.63) is 41.5 Å². The number of halogens is 2. The highest BCUT2D eigenvalue weighted by Crippen LogP contribution is 2.62. The molecule has 3 fully saturated rings. The molecular weight excluding hydrogens is 430 g/mol. The molecule has 0 aliphatic heterocycles. The van der Waals surface area contributed by atoms with Crippen LogP contribution in [0.2, 0.25) is 0 Å². The first-order valence-corrected chi connectivity index (χ1v) is 13.3. The second-order valence-corrected chi connectivity index (χ2v) is 11.9. The van der Waals surface area contributed by atoms with Gasteiger partial charge in [0.15, 0.2) is 0 Å². The van der Waals surface area contributed by atoms with Crippen molar-refractivity contribution in [2.45, 2.75) is 107 Å². The van der Waals surface area contributed by atoms with E-state index in [2.05, 4.69) is 48.1 Å². The summed E-state index contributed by atoms with van der Waals surface area (Å²) in [5.41, 5.74) is 6.40. The molecule has 3 aliphatic rings. The summed E-state index contributed by atoms with van der Waals surface area (Å²) < 4.78 is 0. The van der Waals surface area contributed by atoms with E-state index in [1.807, 2.05) is 5.57 Å². The molecule has 0 saturated heterocycles. The Morgan fingerprint density at radius 3 is 1.70 bits per heavy atom. The normalized spacial score (nSPS) is 24.4. The molecule has 2 nitrogen and oxygen atoms in total. The van der Waals surface area contributed by atoms with Crippen LogP contribution in [0, 0.1) is 0 Å². The van der Waals surface area contributed by atoms with Crippen LogP contribution in [-0.2, 0) is 0 Å². The molecule has 1 aromatic rings. The fourth-order valence-corrected chi connectivity index (χ4v) is 10.5. The molecule has 1 atom stereocenters. The Kier molecular flexibility index (Phi) is 14.6. The van der Waals surface area contributed by atoms with Crippen LogP contribution in [0.3, 0.4) is 0 Å². The van der Waals surface area contributed by atoms with Gasteiger partial charge in [-0.25, -0.2) is 0 Å². The van der Waals surface area contributed by atoms with E-state index >= 15 is 0 Å². The second kappa shape index (κ2) is 15.7. The van der Waals surface area contributed by atoms with Crippen molar-refractivity contribution in [2.24, 2.45) is 11.7 Å². The van der Waals surface area contributed by atoms with Crippen LogP contribution in [0.5, 0.6) is 0 Å². The predicted octanol–water partition coefficient (Wildman–Crippen LogP) is 7.82. The van der Waals surface area contributed by atoms with Gasteiger partial charge in [-0.05, 0) is 61.8 Å². The van der Waals surface area contributed by atoms with Crippen LogP contribution in [0.1, 0.15) is 95.5 Å². The van der Waals surface area contributed by atoms with Crippen molar-refractivity contribution in [2.75, 3.05) is 0 Å². The van der Waals surface area contributed by atoms with Gasteiger partial charge < -0.3 is 0 Å². The Morgan fingerprint density at radius 1 is 0.667 bits per heavy atom. The lowest BCUT2D eigenvalue weighted by atomic mass is 9.92. The summed E-state index contributed by atoms with van der Waals surface area (Å²) in [7, 11) is 0.181. The van der Waals surface area contributed by atoms with Gasteiger partial charge in [0.1, 0.15) is 0 Å². The Labute approximate surface area is 198 Å². The Bertz CT molecular complexity index is 566. The Morgan fingerprint density at radius 2 is 1.17 bits per heavy atom. The average Bonchev–Trinajstić information content (AvgIpc) is 2.79. The third-order valence-corrected chi connectivity index (χ3v) is 11.2. The summed E-state index contributed by atoms with van der Waals surface area (Å²) in [6, 6.07) is 11.2. The number of hydrogen-bond donors (Lipinski definition) is 2. The zero-order valence-electron chi connectivity index (χ0n) is 18.5. The standard InChI is InChI=1S/C25H37P.2ClH.H4N2/c1-4-12-21(13-5-1)20-22-14-10-11-19-25(22)26(23-15-6-2-7-16-23)24-17-8-3-9-18-24;;;1-2/h1,4-5,12-13,20,23-25H,2-3,6-11,14-19H2;2*1H;1-2H2. The van der Waals surface area contributed by atoms with E-state index in [1.165, 1.54) is 69.8 Å². The molecule has 3 aliphatic carbocycles. The van der Waals surface area contributed by atoms with E-state index in [-0.39, 0.29) is 32.7 Å². The lowest BCUT2D eigenvalue weighted by molar-refractivity contribution is 0.477. The molecule has 30 heavy (non-hydrogen) atoms. The first kappa shape index (κ1) is 27.9. The summed E-state index contributed by atoms with van der Waals surface area (Å²) in [5, 5.41) is 0. The Hall–Kier alpha value is -0.110. The molecule has 1 aromatic carbocycles. The van der Waals surface area contributed by atoms with Crippen molar-refractivity contribution in [1.82, 2.24) is 0 Å². The third kappa shape index (κ3) is 7.79. The molecule has 0 heterocycles. The lowest BCUT2D eigenvalue weighted by Gasteiger charge is -2.45. The minimum Gasteiger partial charge on any atom is -0.274 e. The van der Waals surface area contributed by atoms with Crippen LogP contribution < -0.4 is 11.7 Å². The van der Waals surface area contributed by atoms with Crippen molar-refractivity contribution in [1.29, 1.82) is 0 Å². The quantitative estimate of drug-likeness (QED) is 0.266. The third-order valence-electron chi connectivity index (χ3n) is 7.13. The van der Waals surface area contributed by atoms with Crippen LogP contribution in [-0.4, -0.2) is 17.0 Å². The minimum absolute atomic E-state index is 0. The summed E-state index contributed by atoms with van der Waals surface area (Å²) in [5.74, 6) is 8.00. The highest BCUT2D eigenvalue weighted by molar-refractivity contribution is 7.60. The number of benzene rings is 1. The minimum atomic E-state index is 0. The van der Waals surface area contributed by atoms with Gasteiger partial charge in [0.25, 0.3) is 0 Å². The number of allylic oxidation sites excluding steroid dienone is 1. The maximum absolute atomic E-state index is 4.00. The average molecular weight is 474 g/mol. The van der Waals surface area contributed by atoms with Gasteiger partial charge in [-0.15, -0.1) is 24.8 Å². The largest absolute Gasteiger partial charge is 0.274 e. The number of hydrazine groups is 1. The van der Waals surface area contributed by atoms with Gasteiger partial charge >= 0.3 is 0 Å². The Balaban J connectivity index is 0.00000109. The number of nitrogens with two attached hydrogens (primary N) is 2. The molecular formula is C25H43Cl2N2P. The first-order valence-electron chi connectivity index (χ1n) is 11.8. The van der Waals surface area contributed by atoms with Crippen molar-refractivity contribution < 1.29 is 0 Å². The van der Waals surface area contributed by atoms with Crippen LogP contribution in [0.4, 0.5) is 0 Å². The summed E-state index contributed by atoms with van der Waals surface area (Å²) >= 11 is 0. The molecule has 172 valence electrons. The molecule has 3 saturated carbocycles. The molecule has 0 aromatic heterocycles. The molecule has 0 radical (unpaired) electrons. The highest BCUT2D eigenvalue weighted by atomic mass is 35.5. The van der Waals surface area contributed by atoms with E-state index in [1.54, 1.807) is 25.7 Å². The smallest absolute Gasteiger partial charge is 0.000889 e. The second-order valence-electron chi connectivity index (χ2n) is 8.92. The number of hydrogen-bond acceptors (Lipinski definition) is 2. The van der Waals surface area contributed by atoms with Crippen LogP contribution in [0.25, 0.3) is 6.08 Å². The fourth-order valence-electron chi connectivity index (χ4n) is 5.86. The van der Waals surface area contributed by atoms with E-state index in [9.17, 15) is 0 Å². The maximum Gasteiger partial charge on any atom is 0.000889 e. The monoisotopic (exact) mass is 472 g/mol. The molecule has 0 amide bonds. The summed E-state index contributed by atoms with van der Waals surface area (Å²) in [4.78, 5) is 0. The molecule has 4 N–H and O–H groups in total. The van der Waals surface area contributed by atoms with E-state index in [0.717, 1.165) is 17.0 Å². The van der Waals surface area contributed by atoms with Crippen molar-refractivity contribution >= 4 is 38.8 Å². The first-order chi connectivity index (χ1) is 13.9. The van der Waals surface area contributed by atoms with Crippen molar-refractivity contribution in [3.63, 3.8) is 0 Å². The van der Waals surface area contributed by atoms with Gasteiger partial charge in [-0.1, -0.05) is 94.8 Å². The zero-order chi connectivity index (χ0) is 19.6. The summed E-state index contributed by atoms with van der Waals surface area (Å²) in [6.45, 7) is 0. The number of rotatable bonds is 4. The fraction of sp³-hybridized carbons (Fsp3) is 0.680. The molecule has 4 rings (SSSR count). The van der Waals surface area contributed by atoms with E-state index in [4.69, 9.17) is 0 Å². The van der Waals surface area contributed by atoms with Crippen LogP contribution in [0.15, 0.2) is 35.9 Å². The van der Waals surface area contributed by atoms with E-state index < -0.39 is 0 Å². The van der Waals surface area contributed by atoms with E-state index in [0.29, 0.717) is 0 Å². The van der Waals surface area contributed by atoms with Crippen LogP contribution >= 0.6 is 32.7 Å². The van der Waals surface area contributed by atoms with Gasteiger partial charge in [0.2, 0.25) is 0 Å². The summed E-state index contributed by atoms with van der Waals surface area (Å²) in [6.07, 6.45) is 23.7. The molecule has 1 unspecified atom stereocenters. The molecule has 5 heteroatoms. The van der Waals surface area contributed by atoms with Gasteiger partial charge in [0.05, 0.1) is 0 Å². The molecule has 0 spiro atoms. The highest BCUT2D eigenvalue weighted by Gasteiger charge is 2.38. The lowest BCUT2D eigenvalue weighted by Crippen LogP contribution is -2.29. The van der Waals surface area contributed by atoms with Crippen molar-refractivity contribution in [3.8, 4) is 0 Å². The topological polar surface area (TPSA) is 52.0 Å². The van der Waals surface area contributed by atoms with Gasteiger partial charge in [0, 0.05) is 5.66 Å². The zero-order valence-corrected chi connectivity index (χ0v) is 21.0. The predicted molar refractivity (Wildman–Crippen MR) is 140 cm³/mol. The molecule has 0 bridgehead atoms. The van der Waals surface area contributed by atoms with Gasteiger partial charge in [-0.2, -0.15) is 0 Å². The maximum atomic E-state index is 4.00.